The summed E-state index contributed by atoms with van der Waals surface area (Å²) in [6.45, 7) is 1.78. The van der Waals surface area contributed by atoms with E-state index in [2.05, 4.69) is 0 Å². The van der Waals surface area contributed by atoms with Crippen LogP contribution in [-0.2, 0) is 6.42 Å². The molecule has 1 nitrogen and oxygen atoms in total. The molecule has 0 aliphatic rings. The van der Waals surface area contributed by atoms with E-state index in [1.165, 1.54) is 12.1 Å². The zero-order valence-electron chi connectivity index (χ0n) is 6.06. The highest BCUT2D eigenvalue weighted by molar-refractivity contribution is 6.32. The molecule has 1 N–H and O–H groups in total. The molecule has 0 amide bonds. The Kier molecular flexibility index (Phi) is 2.35. The van der Waals surface area contributed by atoms with Crippen LogP contribution in [0.1, 0.15) is 12.5 Å². The van der Waals surface area contributed by atoms with E-state index in [0.29, 0.717) is 12.0 Å². The van der Waals surface area contributed by atoms with Gasteiger partial charge in [-0.3, -0.25) is 0 Å². The molecule has 0 aliphatic carbocycles. The van der Waals surface area contributed by atoms with E-state index < -0.39 is 0 Å². The minimum absolute atomic E-state index is 0.0649. The van der Waals surface area contributed by atoms with Crippen molar-refractivity contribution in [1.29, 1.82) is 0 Å². The molecule has 0 bridgehead atoms. The highest BCUT2D eigenvalue weighted by atomic mass is 35.5. The Morgan fingerprint density at radius 1 is 1.55 bits per heavy atom. The Balaban J connectivity index is 3.29. The second-order valence-electron chi connectivity index (χ2n) is 2.21. The van der Waals surface area contributed by atoms with Crippen molar-refractivity contribution >= 4 is 11.6 Å². The van der Waals surface area contributed by atoms with Gasteiger partial charge in [0.15, 0.2) is 0 Å². The third kappa shape index (κ3) is 1.46. The zero-order chi connectivity index (χ0) is 8.43. The van der Waals surface area contributed by atoms with Crippen molar-refractivity contribution in [2.75, 3.05) is 0 Å². The number of hydrogen-bond donors (Lipinski definition) is 1. The first-order valence-electron chi connectivity index (χ1n) is 3.32. The normalized spacial score (nSPS) is 10.1. The van der Waals surface area contributed by atoms with Crippen LogP contribution in [0.3, 0.4) is 0 Å². The molecule has 0 heterocycles. The van der Waals surface area contributed by atoms with Crippen LogP contribution in [0, 0.1) is 5.82 Å². The van der Waals surface area contributed by atoms with Crippen LogP contribution >= 0.6 is 11.6 Å². The van der Waals surface area contributed by atoms with E-state index in [1.54, 1.807) is 6.92 Å². The maximum atomic E-state index is 12.8. The maximum Gasteiger partial charge on any atom is 0.134 e. The first-order chi connectivity index (χ1) is 5.16. The van der Waals surface area contributed by atoms with Crippen LogP contribution in [0.4, 0.5) is 4.39 Å². The molecule has 0 radical (unpaired) electrons. The van der Waals surface area contributed by atoms with Crippen molar-refractivity contribution in [3.63, 3.8) is 0 Å². The van der Waals surface area contributed by atoms with Gasteiger partial charge < -0.3 is 5.11 Å². The summed E-state index contributed by atoms with van der Waals surface area (Å²) in [7, 11) is 0. The summed E-state index contributed by atoms with van der Waals surface area (Å²) in [6, 6.07) is 2.46. The number of aromatic hydroxyl groups is 1. The van der Waals surface area contributed by atoms with Crippen molar-refractivity contribution in [3.05, 3.63) is 28.5 Å². The van der Waals surface area contributed by atoms with Crippen molar-refractivity contribution < 1.29 is 9.50 Å². The number of halogens is 2. The van der Waals surface area contributed by atoms with E-state index in [0.717, 1.165) is 0 Å². The average Bonchev–Trinajstić information content (AvgIpc) is 1.99. The average molecular weight is 175 g/mol. The van der Waals surface area contributed by atoms with Crippen molar-refractivity contribution in [2.24, 2.45) is 0 Å². The van der Waals surface area contributed by atoms with Gasteiger partial charge in [0.1, 0.15) is 11.6 Å². The minimum atomic E-state index is -0.365. The molecule has 1 rings (SSSR count). The third-order valence-electron chi connectivity index (χ3n) is 1.52. The van der Waals surface area contributed by atoms with Crippen molar-refractivity contribution in [3.8, 4) is 5.75 Å². The Hall–Kier alpha value is -0.760. The van der Waals surface area contributed by atoms with E-state index >= 15 is 0 Å². The molecule has 0 fully saturated rings. The van der Waals surface area contributed by atoms with Gasteiger partial charge in [-0.25, -0.2) is 4.39 Å². The molecule has 0 spiro atoms. The summed E-state index contributed by atoms with van der Waals surface area (Å²) in [6.07, 6.45) is 0.485. The Morgan fingerprint density at radius 2 is 2.18 bits per heavy atom. The van der Waals surface area contributed by atoms with Gasteiger partial charge in [-0.2, -0.15) is 0 Å². The first kappa shape index (κ1) is 8.34. The summed E-state index contributed by atoms with van der Waals surface area (Å²) < 4.78 is 12.8. The molecule has 1 aromatic rings. The van der Waals surface area contributed by atoms with Crippen LogP contribution in [0.25, 0.3) is 0 Å². The molecule has 0 atom stereocenters. The molecule has 11 heavy (non-hydrogen) atoms. The number of phenols is 1. The first-order valence-corrected chi connectivity index (χ1v) is 3.70. The van der Waals surface area contributed by atoms with Crippen LogP contribution in [0.2, 0.25) is 5.02 Å². The van der Waals surface area contributed by atoms with Gasteiger partial charge in [0.05, 0.1) is 5.02 Å². The molecule has 0 saturated carbocycles. The minimum Gasteiger partial charge on any atom is -0.506 e. The predicted octanol–water partition coefficient (Wildman–Crippen LogP) is 2.75. The summed E-state index contributed by atoms with van der Waals surface area (Å²) in [5.74, 6) is -0.430. The molecule has 60 valence electrons. The molecule has 0 unspecified atom stereocenters. The maximum absolute atomic E-state index is 12.8. The van der Waals surface area contributed by atoms with E-state index in [1.807, 2.05) is 0 Å². The lowest BCUT2D eigenvalue weighted by molar-refractivity contribution is 0.472. The predicted molar refractivity (Wildman–Crippen MR) is 42.5 cm³/mol. The summed E-state index contributed by atoms with van der Waals surface area (Å²) in [5, 5.41) is 9.18. The topological polar surface area (TPSA) is 20.2 Å². The number of phenolic OH excluding ortho intramolecular Hbond substituents is 1. The standard InChI is InChI=1S/C8H8ClFO/c1-2-5-6(10)3-4-7(11)8(5)9/h3-4,11H,2H2,1H3. The Morgan fingerprint density at radius 3 is 2.64 bits per heavy atom. The lowest BCUT2D eigenvalue weighted by Gasteiger charge is -2.03. The van der Waals surface area contributed by atoms with Gasteiger partial charge in [0.25, 0.3) is 0 Å². The lowest BCUT2D eigenvalue weighted by Crippen LogP contribution is -1.88. The Bertz CT molecular complexity index is 273. The van der Waals surface area contributed by atoms with E-state index in [4.69, 9.17) is 16.7 Å². The molecule has 0 aliphatic heterocycles. The fourth-order valence-electron chi connectivity index (χ4n) is 0.909. The highest BCUT2D eigenvalue weighted by Crippen LogP contribution is 2.28. The van der Waals surface area contributed by atoms with Gasteiger partial charge >= 0.3 is 0 Å². The van der Waals surface area contributed by atoms with Gasteiger partial charge in [0, 0.05) is 5.56 Å². The monoisotopic (exact) mass is 174 g/mol. The number of rotatable bonds is 1. The SMILES string of the molecule is CCc1c(F)ccc(O)c1Cl. The fraction of sp³-hybridized carbons (Fsp3) is 0.250. The Labute approximate surface area is 69.4 Å². The molecular formula is C8H8ClFO. The van der Waals surface area contributed by atoms with Crippen molar-refractivity contribution in [2.45, 2.75) is 13.3 Å². The fourth-order valence-corrected chi connectivity index (χ4v) is 1.20. The third-order valence-corrected chi connectivity index (χ3v) is 1.94. The molecule has 0 aromatic heterocycles. The smallest absolute Gasteiger partial charge is 0.134 e. The largest absolute Gasteiger partial charge is 0.506 e. The van der Waals surface area contributed by atoms with Crippen LogP contribution < -0.4 is 0 Å². The lowest BCUT2D eigenvalue weighted by atomic mass is 10.1. The second kappa shape index (κ2) is 3.09. The van der Waals surface area contributed by atoms with Crippen LogP contribution in [-0.4, -0.2) is 5.11 Å². The van der Waals surface area contributed by atoms with Gasteiger partial charge in [-0.15, -0.1) is 0 Å². The van der Waals surface area contributed by atoms with E-state index in [9.17, 15) is 4.39 Å². The zero-order valence-corrected chi connectivity index (χ0v) is 6.82. The summed E-state index contributed by atoms with van der Waals surface area (Å²) in [4.78, 5) is 0. The molecule has 3 heteroatoms. The quantitative estimate of drug-likeness (QED) is 0.694. The second-order valence-corrected chi connectivity index (χ2v) is 2.59. The summed E-state index contributed by atoms with van der Waals surface area (Å²) >= 11 is 5.61. The van der Waals surface area contributed by atoms with Gasteiger partial charge in [-0.05, 0) is 18.6 Å². The highest BCUT2D eigenvalue weighted by Gasteiger charge is 2.08. The molecular weight excluding hydrogens is 167 g/mol. The van der Waals surface area contributed by atoms with Crippen LogP contribution in [0.5, 0.6) is 5.75 Å². The summed E-state index contributed by atoms with van der Waals surface area (Å²) in [5.41, 5.74) is 0.367. The number of hydrogen-bond acceptors (Lipinski definition) is 1. The van der Waals surface area contributed by atoms with E-state index in [-0.39, 0.29) is 16.6 Å². The van der Waals surface area contributed by atoms with Crippen molar-refractivity contribution in [1.82, 2.24) is 0 Å². The molecule has 1 aromatic carbocycles. The van der Waals surface area contributed by atoms with Gasteiger partial charge in [0.2, 0.25) is 0 Å². The van der Waals surface area contributed by atoms with Crippen LogP contribution in [0.15, 0.2) is 12.1 Å². The molecule has 0 saturated heterocycles. The number of benzene rings is 1. The van der Waals surface area contributed by atoms with Gasteiger partial charge in [-0.1, -0.05) is 18.5 Å².